The van der Waals surface area contributed by atoms with E-state index >= 15 is 0 Å². The Morgan fingerprint density at radius 3 is 3.00 bits per heavy atom. The molecule has 0 N–H and O–H groups in total. The molecular weight excluding hydrogens is 184 g/mol. The van der Waals surface area contributed by atoms with Crippen LogP contribution in [-0.2, 0) is 6.54 Å². The fourth-order valence-corrected chi connectivity index (χ4v) is 1.30. The van der Waals surface area contributed by atoms with Gasteiger partial charge in [0.05, 0.1) is 10.3 Å². The van der Waals surface area contributed by atoms with Crippen LogP contribution in [0.4, 0.5) is 5.69 Å². The van der Waals surface area contributed by atoms with Gasteiger partial charge in [0, 0.05) is 12.1 Å². The van der Waals surface area contributed by atoms with Crippen LogP contribution in [0.15, 0.2) is 28.9 Å². The van der Waals surface area contributed by atoms with E-state index in [1.165, 1.54) is 12.1 Å². The molecule has 0 aliphatic heterocycles. The molecule has 0 saturated carbocycles. The second-order valence-electron chi connectivity index (χ2n) is 2.93. The Hall–Kier alpha value is -1.91. The molecule has 2 aromatic rings. The van der Waals surface area contributed by atoms with Crippen molar-refractivity contribution < 1.29 is 14.2 Å². The average Bonchev–Trinajstić information content (AvgIpc) is 2.58. The van der Waals surface area contributed by atoms with Crippen LogP contribution in [-0.4, -0.2) is 4.92 Å². The van der Waals surface area contributed by atoms with Crippen molar-refractivity contribution in [2.45, 2.75) is 13.5 Å². The van der Waals surface area contributed by atoms with Gasteiger partial charge in [-0.1, -0.05) is 0 Å². The van der Waals surface area contributed by atoms with Crippen molar-refractivity contribution in [2.75, 3.05) is 0 Å². The number of benzene rings is 1. The smallest absolute Gasteiger partial charge is 0.258 e. The number of hydrogen-bond donors (Lipinski definition) is 0. The Morgan fingerprint density at radius 2 is 2.36 bits per heavy atom. The fourth-order valence-electron chi connectivity index (χ4n) is 1.30. The van der Waals surface area contributed by atoms with E-state index in [1.807, 2.05) is 6.92 Å². The van der Waals surface area contributed by atoms with Crippen molar-refractivity contribution >= 4 is 16.7 Å². The zero-order valence-electron chi connectivity index (χ0n) is 7.64. The molecule has 0 aliphatic carbocycles. The van der Waals surface area contributed by atoms with Crippen LogP contribution in [0.5, 0.6) is 0 Å². The Kier molecular flexibility index (Phi) is 1.92. The highest BCUT2D eigenvalue weighted by Gasteiger charge is 2.13. The maximum absolute atomic E-state index is 10.5. The van der Waals surface area contributed by atoms with E-state index in [0.717, 1.165) is 5.39 Å². The molecule has 0 spiro atoms. The molecule has 0 atom stereocenters. The molecule has 0 bridgehead atoms. The van der Waals surface area contributed by atoms with Crippen LogP contribution in [0.1, 0.15) is 6.92 Å². The second kappa shape index (κ2) is 3.10. The van der Waals surface area contributed by atoms with Crippen LogP contribution in [0.3, 0.4) is 0 Å². The molecule has 0 fully saturated rings. The Labute approximate surface area is 79.7 Å². The lowest BCUT2D eigenvalue weighted by Gasteiger charge is -1.86. The number of rotatable bonds is 2. The Balaban J connectivity index is 2.59. The third kappa shape index (κ3) is 1.32. The highest BCUT2D eigenvalue weighted by molar-refractivity contribution is 5.77. The maximum atomic E-state index is 10.5. The first-order valence-corrected chi connectivity index (χ1v) is 4.28. The van der Waals surface area contributed by atoms with Crippen molar-refractivity contribution in [2.24, 2.45) is 0 Å². The number of aromatic nitrogens is 1. The van der Waals surface area contributed by atoms with Crippen molar-refractivity contribution in [3.05, 3.63) is 34.5 Å². The summed E-state index contributed by atoms with van der Waals surface area (Å²) in [5.41, 5.74) is 0.749. The van der Waals surface area contributed by atoms with Gasteiger partial charge in [-0.05, 0) is 17.7 Å². The monoisotopic (exact) mass is 193 g/mol. The first-order chi connectivity index (χ1) is 6.70. The van der Waals surface area contributed by atoms with E-state index in [4.69, 9.17) is 4.52 Å². The van der Waals surface area contributed by atoms with E-state index in [1.54, 1.807) is 17.0 Å². The fraction of sp³-hybridized carbons (Fsp3) is 0.222. The highest BCUT2D eigenvalue weighted by Crippen LogP contribution is 2.19. The topological polar surface area (TPSA) is 60.2 Å². The van der Waals surface area contributed by atoms with Gasteiger partial charge in [-0.25, -0.2) is 4.52 Å². The summed E-state index contributed by atoms with van der Waals surface area (Å²) in [5.74, 6) is 0. The minimum Gasteiger partial charge on any atom is -0.258 e. The van der Waals surface area contributed by atoms with Crippen molar-refractivity contribution in [3.8, 4) is 0 Å². The number of nitro benzene ring substituents is 1. The molecule has 1 heterocycles. The molecule has 0 saturated heterocycles. The predicted molar refractivity (Wildman–Crippen MR) is 48.7 cm³/mol. The first-order valence-electron chi connectivity index (χ1n) is 4.28. The van der Waals surface area contributed by atoms with Crippen molar-refractivity contribution in [1.29, 1.82) is 0 Å². The quantitative estimate of drug-likeness (QED) is 0.414. The van der Waals surface area contributed by atoms with Gasteiger partial charge in [0.2, 0.25) is 11.8 Å². The largest absolute Gasteiger partial charge is 0.270 e. The summed E-state index contributed by atoms with van der Waals surface area (Å²) in [5, 5.41) is 11.2. The molecule has 0 radical (unpaired) electrons. The van der Waals surface area contributed by atoms with Crippen LogP contribution in [0.25, 0.3) is 11.0 Å². The lowest BCUT2D eigenvalue weighted by atomic mass is 10.2. The summed E-state index contributed by atoms with van der Waals surface area (Å²) < 4.78 is 6.98. The molecule has 5 nitrogen and oxygen atoms in total. The summed E-state index contributed by atoms with van der Waals surface area (Å²) in [4.78, 5) is 10.1. The van der Waals surface area contributed by atoms with E-state index < -0.39 is 4.92 Å². The molecule has 0 unspecified atom stereocenters. The molecule has 1 aromatic heterocycles. The first kappa shape index (κ1) is 8.68. The molecule has 72 valence electrons. The van der Waals surface area contributed by atoms with Gasteiger partial charge in [-0.2, -0.15) is 0 Å². The van der Waals surface area contributed by atoms with E-state index in [9.17, 15) is 10.1 Å². The van der Waals surface area contributed by atoms with Gasteiger partial charge in [0.25, 0.3) is 5.69 Å². The van der Waals surface area contributed by atoms with E-state index in [2.05, 4.69) is 0 Å². The summed E-state index contributed by atoms with van der Waals surface area (Å²) in [6.07, 6.45) is 1.75. The second-order valence-corrected chi connectivity index (χ2v) is 2.93. The molecule has 14 heavy (non-hydrogen) atoms. The van der Waals surface area contributed by atoms with E-state index in [0.29, 0.717) is 12.1 Å². The number of nitrogens with zero attached hydrogens (tertiary/aromatic N) is 2. The molecule has 2 rings (SSSR count). The maximum Gasteiger partial charge on any atom is 0.270 e. The van der Waals surface area contributed by atoms with Crippen LogP contribution in [0, 0.1) is 10.1 Å². The third-order valence-electron chi connectivity index (χ3n) is 2.01. The number of non-ortho nitro benzene ring substituents is 1. The average molecular weight is 193 g/mol. The summed E-state index contributed by atoms with van der Waals surface area (Å²) in [6, 6.07) is 4.55. The van der Waals surface area contributed by atoms with Gasteiger partial charge in [-0.3, -0.25) is 10.1 Å². The minimum atomic E-state index is -0.414. The number of hydrogen-bond acceptors (Lipinski definition) is 3. The molecular formula is C9H9N2O3+. The number of aryl methyl sites for hydroxylation is 1. The zero-order valence-corrected chi connectivity index (χ0v) is 7.64. The van der Waals surface area contributed by atoms with Gasteiger partial charge < -0.3 is 0 Å². The van der Waals surface area contributed by atoms with Gasteiger partial charge >= 0.3 is 0 Å². The van der Waals surface area contributed by atoms with Crippen molar-refractivity contribution in [3.63, 3.8) is 0 Å². The standard InChI is InChI=1S/C9H9N2O3/c1-2-10-6-7-5-8(11(12)13)3-4-9(7)14-10/h3-6H,2H2,1H3/q+1. The summed E-state index contributed by atoms with van der Waals surface area (Å²) >= 11 is 0. The third-order valence-corrected chi connectivity index (χ3v) is 2.01. The predicted octanol–water partition coefficient (Wildman–Crippen LogP) is 1.65. The number of fused-ring (bicyclic) bond motifs is 1. The Morgan fingerprint density at radius 1 is 1.57 bits per heavy atom. The van der Waals surface area contributed by atoms with Crippen LogP contribution in [0.2, 0.25) is 0 Å². The van der Waals surface area contributed by atoms with E-state index in [-0.39, 0.29) is 5.69 Å². The number of nitro groups is 1. The molecule has 0 amide bonds. The van der Waals surface area contributed by atoms with Gasteiger partial charge in [-0.15, -0.1) is 0 Å². The zero-order chi connectivity index (χ0) is 10.1. The van der Waals surface area contributed by atoms with Crippen LogP contribution >= 0.6 is 0 Å². The normalized spacial score (nSPS) is 10.6. The van der Waals surface area contributed by atoms with Gasteiger partial charge in [0.15, 0.2) is 6.54 Å². The highest BCUT2D eigenvalue weighted by atomic mass is 16.6. The minimum absolute atomic E-state index is 0.0848. The molecule has 0 aliphatic rings. The SMILES string of the molecule is CC[n+]1cc2cc([N+](=O)[O-])ccc2o1. The summed E-state index contributed by atoms with van der Waals surface area (Å²) in [7, 11) is 0. The Bertz CT molecular complexity index is 490. The lowest BCUT2D eigenvalue weighted by molar-refractivity contribution is -0.857. The van der Waals surface area contributed by atoms with Gasteiger partial charge in [0.1, 0.15) is 0 Å². The van der Waals surface area contributed by atoms with Crippen LogP contribution < -0.4 is 4.74 Å². The molecule has 1 aromatic carbocycles. The summed E-state index contributed by atoms with van der Waals surface area (Å²) in [6.45, 7) is 2.65. The lowest BCUT2D eigenvalue weighted by Crippen LogP contribution is -2.27. The molecule has 5 heteroatoms. The van der Waals surface area contributed by atoms with Crippen molar-refractivity contribution in [1.82, 2.24) is 0 Å².